The molecule has 5 rings (SSSR count). The summed E-state index contributed by atoms with van der Waals surface area (Å²) < 4.78 is 28.6. The number of ketones is 1. The van der Waals surface area contributed by atoms with Crippen LogP contribution >= 0.6 is 0 Å². The average molecular weight is 616 g/mol. The predicted molar refractivity (Wildman–Crippen MR) is 162 cm³/mol. The van der Waals surface area contributed by atoms with Crippen LogP contribution in [0, 0.1) is 11.3 Å². The smallest absolute Gasteiger partial charge is 0.328 e. The lowest BCUT2D eigenvalue weighted by Crippen LogP contribution is -2.45. The van der Waals surface area contributed by atoms with Gasteiger partial charge in [-0.25, -0.2) is 18.0 Å². The molecule has 2 aliphatic heterocycles. The molecule has 1 saturated heterocycles. The molecule has 44 heavy (non-hydrogen) atoms. The summed E-state index contributed by atoms with van der Waals surface area (Å²) in [4.78, 5) is 34.4. The van der Waals surface area contributed by atoms with E-state index in [-0.39, 0.29) is 22.8 Å². The molecule has 0 aromatic heterocycles. The Morgan fingerprint density at radius 2 is 1.43 bits per heavy atom. The standard InChI is InChI=1S/C29H29N3O3S.C4H4O4/c30-22-29(24-11-5-2-6-12-24)16-19-31(20-17-29)18-15-26(23-9-3-1-4-10-23)32-21-27(33)25-13-7-8-14-28(25)36(32,34)35;5-3(6)1-2-4(7)8/h1-14,26H,15-21H2;1-2H,(H,5,6)(H,7,8)/b;2-1+. The molecule has 0 spiro atoms. The van der Waals surface area contributed by atoms with Crippen LogP contribution in [-0.2, 0) is 25.0 Å². The molecule has 3 aromatic rings. The molecule has 2 N–H and O–H groups in total. The molecular formula is C33H33N3O7S. The number of hydrogen-bond donors (Lipinski definition) is 2. The molecule has 1 unspecified atom stereocenters. The zero-order chi connectivity index (χ0) is 31.7. The van der Waals surface area contributed by atoms with Crippen molar-refractivity contribution < 1.29 is 33.0 Å². The maximum absolute atomic E-state index is 13.6. The van der Waals surface area contributed by atoms with Gasteiger partial charge in [0.05, 0.1) is 29.0 Å². The summed E-state index contributed by atoms with van der Waals surface area (Å²) in [6, 6.07) is 28.1. The first-order chi connectivity index (χ1) is 21.1. The Bertz CT molecular complexity index is 1640. The highest BCUT2D eigenvalue weighted by atomic mass is 32.2. The van der Waals surface area contributed by atoms with Gasteiger partial charge in [-0.3, -0.25) is 4.79 Å². The van der Waals surface area contributed by atoms with Crippen LogP contribution in [0.15, 0.2) is 102 Å². The third kappa shape index (κ3) is 7.47. The van der Waals surface area contributed by atoms with E-state index in [4.69, 9.17) is 10.2 Å². The molecule has 11 heteroatoms. The van der Waals surface area contributed by atoms with Gasteiger partial charge in [0.15, 0.2) is 5.78 Å². The number of carbonyl (C=O) groups excluding carboxylic acids is 1. The second kappa shape index (κ2) is 14.2. The van der Waals surface area contributed by atoms with E-state index in [1.807, 2.05) is 60.7 Å². The highest BCUT2D eigenvalue weighted by molar-refractivity contribution is 7.89. The average Bonchev–Trinajstić information content (AvgIpc) is 3.04. The van der Waals surface area contributed by atoms with Crippen LogP contribution in [-0.4, -0.2) is 71.7 Å². The monoisotopic (exact) mass is 615 g/mol. The molecular weight excluding hydrogens is 582 g/mol. The lowest BCUT2D eigenvalue weighted by Gasteiger charge is -2.39. The third-order valence-electron chi connectivity index (χ3n) is 7.94. The molecule has 0 saturated carbocycles. The quantitative estimate of drug-likeness (QED) is 0.353. The van der Waals surface area contributed by atoms with E-state index >= 15 is 0 Å². The number of sulfonamides is 1. The molecule has 0 radical (unpaired) electrons. The van der Waals surface area contributed by atoms with Gasteiger partial charge >= 0.3 is 11.9 Å². The van der Waals surface area contributed by atoms with Gasteiger partial charge in [0, 0.05) is 17.7 Å². The summed E-state index contributed by atoms with van der Waals surface area (Å²) in [5.74, 6) is -2.69. The number of piperidine rings is 1. The fraction of sp³-hybridized carbons (Fsp3) is 0.273. The van der Waals surface area contributed by atoms with Crippen molar-refractivity contribution in [2.75, 3.05) is 26.2 Å². The Balaban J connectivity index is 0.000000488. The summed E-state index contributed by atoms with van der Waals surface area (Å²) in [6.07, 6.45) is 3.14. The van der Waals surface area contributed by atoms with Crippen LogP contribution < -0.4 is 0 Å². The number of carboxylic acids is 2. The van der Waals surface area contributed by atoms with Gasteiger partial charge in [0.1, 0.15) is 0 Å². The summed E-state index contributed by atoms with van der Waals surface area (Å²) in [7, 11) is -3.82. The first-order valence-electron chi connectivity index (χ1n) is 14.1. The minimum atomic E-state index is -3.82. The highest BCUT2D eigenvalue weighted by Gasteiger charge is 2.41. The summed E-state index contributed by atoms with van der Waals surface area (Å²) in [5.41, 5.74) is 1.72. The largest absolute Gasteiger partial charge is 0.478 e. The number of carbonyl (C=O) groups is 3. The second-order valence-electron chi connectivity index (χ2n) is 10.6. The summed E-state index contributed by atoms with van der Waals surface area (Å²) in [5, 5.41) is 25.6. The topological polar surface area (TPSA) is 156 Å². The van der Waals surface area contributed by atoms with E-state index in [1.54, 1.807) is 18.2 Å². The van der Waals surface area contributed by atoms with Gasteiger partial charge in [-0.1, -0.05) is 72.8 Å². The number of hydrogen-bond acceptors (Lipinski definition) is 7. The van der Waals surface area contributed by atoms with Gasteiger partial charge in [-0.15, -0.1) is 0 Å². The molecule has 1 atom stereocenters. The minimum Gasteiger partial charge on any atom is -0.478 e. The van der Waals surface area contributed by atoms with Crippen molar-refractivity contribution in [2.45, 2.75) is 35.6 Å². The minimum absolute atomic E-state index is 0.0850. The number of likely N-dealkylation sites (tertiary alicyclic amines) is 1. The first kappa shape index (κ1) is 32.3. The Morgan fingerprint density at radius 1 is 0.886 bits per heavy atom. The van der Waals surface area contributed by atoms with Crippen molar-refractivity contribution in [1.82, 2.24) is 9.21 Å². The Hall–Kier alpha value is -4.63. The van der Waals surface area contributed by atoms with Crippen LogP contribution in [0.4, 0.5) is 0 Å². The van der Waals surface area contributed by atoms with E-state index in [1.165, 1.54) is 10.4 Å². The van der Waals surface area contributed by atoms with Crippen LogP contribution in [0.1, 0.15) is 46.8 Å². The summed E-state index contributed by atoms with van der Waals surface area (Å²) >= 11 is 0. The Kier molecular flexibility index (Phi) is 10.4. The summed E-state index contributed by atoms with van der Waals surface area (Å²) in [6.45, 7) is 2.04. The van der Waals surface area contributed by atoms with Crippen molar-refractivity contribution in [3.05, 3.63) is 114 Å². The number of fused-ring (bicyclic) bond motifs is 1. The zero-order valence-corrected chi connectivity index (χ0v) is 24.8. The maximum atomic E-state index is 13.6. The van der Waals surface area contributed by atoms with Crippen LogP contribution in [0.2, 0.25) is 0 Å². The number of aliphatic carboxylic acids is 2. The number of Topliss-reactive ketones (excluding diaryl/α,β-unsaturated/α-hetero) is 1. The molecule has 0 aliphatic carbocycles. The third-order valence-corrected chi connectivity index (χ3v) is 9.86. The lowest BCUT2D eigenvalue weighted by atomic mass is 9.74. The van der Waals surface area contributed by atoms with Crippen molar-refractivity contribution in [2.24, 2.45) is 0 Å². The van der Waals surface area contributed by atoms with E-state index in [2.05, 4.69) is 11.0 Å². The van der Waals surface area contributed by atoms with Crippen LogP contribution in [0.25, 0.3) is 0 Å². The predicted octanol–water partition coefficient (Wildman–Crippen LogP) is 4.27. The molecule has 3 aromatic carbocycles. The molecule has 228 valence electrons. The van der Waals surface area contributed by atoms with Gasteiger partial charge < -0.3 is 15.1 Å². The van der Waals surface area contributed by atoms with Gasteiger partial charge in [-0.05, 0) is 62.2 Å². The van der Waals surface area contributed by atoms with E-state index in [0.29, 0.717) is 25.1 Å². The molecule has 0 amide bonds. The Labute approximate surface area is 256 Å². The molecule has 2 heterocycles. The Morgan fingerprint density at radius 3 is 2.00 bits per heavy atom. The van der Waals surface area contributed by atoms with E-state index in [0.717, 1.165) is 37.1 Å². The molecule has 0 bridgehead atoms. The number of carboxylic acid groups (broad SMARTS) is 2. The number of benzene rings is 3. The molecule has 2 aliphatic rings. The van der Waals surface area contributed by atoms with Crippen molar-refractivity contribution in [1.29, 1.82) is 5.26 Å². The number of nitrogens with zero attached hydrogens (tertiary/aromatic N) is 3. The van der Waals surface area contributed by atoms with Gasteiger partial charge in [0.2, 0.25) is 10.0 Å². The SMILES string of the molecule is N#CC1(c2ccccc2)CCN(CCC(c2ccccc2)N2CC(=O)c3ccccc3S2(=O)=O)CC1.O=C(O)/C=C/C(=O)O. The van der Waals surface area contributed by atoms with E-state index in [9.17, 15) is 28.1 Å². The normalized spacial score (nSPS) is 18.3. The van der Waals surface area contributed by atoms with Crippen molar-refractivity contribution in [3.63, 3.8) is 0 Å². The number of rotatable bonds is 8. The lowest BCUT2D eigenvalue weighted by molar-refractivity contribution is -0.134. The molecule has 10 nitrogen and oxygen atoms in total. The van der Waals surface area contributed by atoms with Crippen LogP contribution in [0.5, 0.6) is 0 Å². The second-order valence-corrected chi connectivity index (χ2v) is 12.5. The first-order valence-corrected chi connectivity index (χ1v) is 15.5. The fourth-order valence-electron chi connectivity index (χ4n) is 5.62. The van der Waals surface area contributed by atoms with Crippen molar-refractivity contribution >= 4 is 27.7 Å². The number of nitriles is 1. The zero-order valence-electron chi connectivity index (χ0n) is 24.0. The maximum Gasteiger partial charge on any atom is 0.328 e. The fourth-order valence-corrected chi connectivity index (χ4v) is 7.43. The van der Waals surface area contributed by atoms with Gasteiger partial charge in [0.25, 0.3) is 0 Å². The van der Waals surface area contributed by atoms with Crippen molar-refractivity contribution in [3.8, 4) is 6.07 Å². The highest BCUT2D eigenvalue weighted by Crippen LogP contribution is 2.37. The van der Waals surface area contributed by atoms with E-state index < -0.39 is 33.4 Å². The van der Waals surface area contributed by atoms with Gasteiger partial charge in [-0.2, -0.15) is 9.57 Å². The van der Waals surface area contributed by atoms with Crippen LogP contribution in [0.3, 0.4) is 0 Å². The molecule has 1 fully saturated rings.